The maximum Gasteiger partial charge on any atom is 0.410 e. The van der Waals surface area contributed by atoms with Gasteiger partial charge in [-0.15, -0.1) is 0 Å². The van der Waals surface area contributed by atoms with Gasteiger partial charge < -0.3 is 10.1 Å². The molecule has 0 spiro atoms. The minimum absolute atomic E-state index is 0.294. The summed E-state index contributed by atoms with van der Waals surface area (Å²) in [5.41, 5.74) is 0.372. The first-order chi connectivity index (χ1) is 12.7. The van der Waals surface area contributed by atoms with E-state index in [1.54, 1.807) is 20.8 Å². The van der Waals surface area contributed by atoms with Crippen LogP contribution in [0.4, 0.5) is 4.79 Å². The fourth-order valence-electron chi connectivity index (χ4n) is 3.04. The molecule has 1 aliphatic rings. The lowest BCUT2D eigenvalue weighted by atomic mass is 10.0. The van der Waals surface area contributed by atoms with Gasteiger partial charge in [-0.25, -0.2) is 4.79 Å². The Bertz CT molecular complexity index is 724. The molecular formula is C20H26IN3O3. The fourth-order valence-corrected chi connectivity index (χ4v) is 3.65. The average Bonchev–Trinajstić information content (AvgIpc) is 2.59. The highest BCUT2D eigenvalue weighted by Crippen LogP contribution is 2.21. The Balaban J connectivity index is 2.04. The number of ether oxygens (including phenoxy) is 1. The summed E-state index contributed by atoms with van der Waals surface area (Å²) in [4.78, 5) is 26.8. The predicted molar refractivity (Wildman–Crippen MR) is 111 cm³/mol. The molecule has 0 bridgehead atoms. The van der Waals surface area contributed by atoms with E-state index in [4.69, 9.17) is 4.74 Å². The Hall–Kier alpha value is -1.82. The van der Waals surface area contributed by atoms with Crippen molar-refractivity contribution < 1.29 is 14.3 Å². The second-order valence-electron chi connectivity index (χ2n) is 7.71. The molecule has 1 aromatic carbocycles. The SMILES string of the molecule is CC(C)(C)OC(=O)N1CCCCC1C(=O)N[C@H](C#N)Cc1cccc(I)c1. The van der Waals surface area contributed by atoms with Crippen molar-refractivity contribution in [3.05, 3.63) is 33.4 Å². The first-order valence-corrected chi connectivity index (χ1v) is 10.2. The van der Waals surface area contributed by atoms with Crippen LogP contribution in [0.25, 0.3) is 0 Å². The molecule has 1 N–H and O–H groups in total. The molecule has 0 radical (unpaired) electrons. The number of carbonyl (C=O) groups excluding carboxylic acids is 2. The van der Waals surface area contributed by atoms with E-state index < -0.39 is 23.8 Å². The molecule has 0 saturated carbocycles. The summed E-state index contributed by atoms with van der Waals surface area (Å²) >= 11 is 2.22. The zero-order valence-electron chi connectivity index (χ0n) is 16.0. The lowest BCUT2D eigenvalue weighted by molar-refractivity contribution is -0.128. The van der Waals surface area contributed by atoms with Crippen LogP contribution in [0, 0.1) is 14.9 Å². The number of piperidine rings is 1. The first kappa shape index (κ1) is 21.5. The number of benzene rings is 1. The normalized spacial score (nSPS) is 18.3. The van der Waals surface area contributed by atoms with Crippen molar-refractivity contribution in [2.24, 2.45) is 0 Å². The van der Waals surface area contributed by atoms with Crippen LogP contribution >= 0.6 is 22.6 Å². The Labute approximate surface area is 174 Å². The summed E-state index contributed by atoms with van der Waals surface area (Å²) in [7, 11) is 0. The molecule has 1 aromatic rings. The summed E-state index contributed by atoms with van der Waals surface area (Å²) in [6, 6.07) is 8.75. The summed E-state index contributed by atoms with van der Waals surface area (Å²) in [6.07, 6.45) is 2.23. The van der Waals surface area contributed by atoms with Crippen LogP contribution in [0.3, 0.4) is 0 Å². The second-order valence-corrected chi connectivity index (χ2v) is 8.96. The Morgan fingerprint density at radius 2 is 2.15 bits per heavy atom. The van der Waals surface area contributed by atoms with Crippen LogP contribution in [0.2, 0.25) is 0 Å². The minimum atomic E-state index is -0.641. The molecule has 0 aromatic heterocycles. The number of halogens is 1. The topological polar surface area (TPSA) is 82.4 Å². The molecule has 146 valence electrons. The number of hydrogen-bond acceptors (Lipinski definition) is 4. The molecule has 1 fully saturated rings. The molecular weight excluding hydrogens is 457 g/mol. The van der Waals surface area contributed by atoms with Gasteiger partial charge in [-0.3, -0.25) is 9.69 Å². The summed E-state index contributed by atoms with van der Waals surface area (Å²) < 4.78 is 6.52. The third-order valence-electron chi connectivity index (χ3n) is 4.23. The van der Waals surface area contributed by atoms with Crippen LogP contribution in [-0.2, 0) is 16.0 Å². The predicted octanol–water partition coefficient (Wildman–Crippen LogP) is 3.63. The molecule has 0 aliphatic carbocycles. The fraction of sp³-hybridized carbons (Fsp3) is 0.550. The second kappa shape index (κ2) is 9.40. The monoisotopic (exact) mass is 483 g/mol. The summed E-state index contributed by atoms with van der Waals surface area (Å²) in [6.45, 7) is 5.89. The van der Waals surface area contributed by atoms with Gasteiger partial charge in [0.2, 0.25) is 5.91 Å². The summed E-state index contributed by atoms with van der Waals surface area (Å²) in [5, 5.41) is 12.3. The summed E-state index contributed by atoms with van der Waals surface area (Å²) in [5.74, 6) is -0.294. The Morgan fingerprint density at radius 3 is 2.78 bits per heavy atom. The van der Waals surface area contributed by atoms with Crippen molar-refractivity contribution in [3.63, 3.8) is 0 Å². The molecule has 6 nitrogen and oxygen atoms in total. The van der Waals surface area contributed by atoms with Crippen molar-refractivity contribution in [2.45, 2.75) is 64.1 Å². The van der Waals surface area contributed by atoms with Crippen LogP contribution in [0.1, 0.15) is 45.6 Å². The molecule has 1 saturated heterocycles. The Morgan fingerprint density at radius 1 is 1.41 bits per heavy atom. The molecule has 7 heteroatoms. The highest BCUT2D eigenvalue weighted by Gasteiger charge is 2.35. The molecule has 1 unspecified atom stereocenters. The van der Waals surface area contributed by atoms with Gasteiger partial charge in [0, 0.05) is 16.5 Å². The number of nitriles is 1. The van der Waals surface area contributed by atoms with Gasteiger partial charge in [0.25, 0.3) is 0 Å². The number of nitrogens with zero attached hydrogens (tertiary/aromatic N) is 2. The average molecular weight is 483 g/mol. The standard InChI is InChI=1S/C20H26IN3O3/c1-20(2,3)27-19(26)24-10-5-4-9-17(24)18(25)23-16(13-22)12-14-7-6-8-15(21)11-14/h6-8,11,16-17H,4-5,9-10,12H2,1-3H3,(H,23,25)/t16-,17?/m0/s1. The van der Waals surface area contributed by atoms with E-state index in [9.17, 15) is 14.9 Å². The largest absolute Gasteiger partial charge is 0.444 e. The molecule has 2 amide bonds. The van der Waals surface area contributed by atoms with E-state index in [-0.39, 0.29) is 5.91 Å². The van der Waals surface area contributed by atoms with E-state index in [0.717, 1.165) is 22.0 Å². The lowest BCUT2D eigenvalue weighted by Gasteiger charge is -2.36. The van der Waals surface area contributed by atoms with Gasteiger partial charge in [0.1, 0.15) is 17.7 Å². The van der Waals surface area contributed by atoms with Gasteiger partial charge >= 0.3 is 6.09 Å². The van der Waals surface area contributed by atoms with Gasteiger partial charge in [-0.1, -0.05) is 12.1 Å². The quantitative estimate of drug-likeness (QED) is 0.664. The number of amides is 2. The van der Waals surface area contributed by atoms with E-state index in [2.05, 4.69) is 34.0 Å². The molecule has 2 rings (SSSR count). The van der Waals surface area contributed by atoms with Crippen LogP contribution in [0.5, 0.6) is 0 Å². The van der Waals surface area contributed by atoms with Gasteiger partial charge in [0.05, 0.1) is 6.07 Å². The lowest BCUT2D eigenvalue weighted by Crippen LogP contribution is -2.54. The molecule has 2 atom stereocenters. The van der Waals surface area contributed by atoms with Crippen LogP contribution < -0.4 is 5.32 Å². The third kappa shape index (κ3) is 6.69. The molecule has 1 heterocycles. The number of rotatable bonds is 4. The number of nitrogens with one attached hydrogen (secondary N) is 1. The van der Waals surface area contributed by atoms with E-state index >= 15 is 0 Å². The zero-order valence-corrected chi connectivity index (χ0v) is 18.2. The van der Waals surface area contributed by atoms with Gasteiger partial charge in [-0.2, -0.15) is 5.26 Å². The van der Waals surface area contributed by atoms with E-state index in [0.29, 0.717) is 19.4 Å². The van der Waals surface area contributed by atoms with Crippen LogP contribution in [0.15, 0.2) is 24.3 Å². The van der Waals surface area contributed by atoms with Gasteiger partial charge in [0.15, 0.2) is 0 Å². The molecule has 27 heavy (non-hydrogen) atoms. The zero-order chi connectivity index (χ0) is 20.0. The van der Waals surface area contributed by atoms with Crippen molar-refractivity contribution in [1.29, 1.82) is 5.26 Å². The number of likely N-dealkylation sites (tertiary alicyclic amines) is 1. The van der Waals surface area contributed by atoms with Crippen molar-refractivity contribution >= 4 is 34.6 Å². The number of hydrogen-bond donors (Lipinski definition) is 1. The van der Waals surface area contributed by atoms with Crippen molar-refractivity contribution in [3.8, 4) is 6.07 Å². The Kier molecular flexibility index (Phi) is 7.48. The maximum absolute atomic E-state index is 12.8. The highest BCUT2D eigenvalue weighted by atomic mass is 127. The smallest absolute Gasteiger partial charge is 0.410 e. The van der Waals surface area contributed by atoms with Crippen molar-refractivity contribution in [1.82, 2.24) is 10.2 Å². The number of carbonyl (C=O) groups is 2. The van der Waals surface area contributed by atoms with Crippen LogP contribution in [-0.4, -0.2) is 41.1 Å². The highest BCUT2D eigenvalue weighted by molar-refractivity contribution is 14.1. The van der Waals surface area contributed by atoms with E-state index in [1.807, 2.05) is 24.3 Å². The third-order valence-corrected chi connectivity index (χ3v) is 4.91. The maximum atomic E-state index is 12.8. The minimum Gasteiger partial charge on any atom is -0.444 e. The van der Waals surface area contributed by atoms with E-state index in [1.165, 1.54) is 4.90 Å². The van der Waals surface area contributed by atoms with Crippen molar-refractivity contribution in [2.75, 3.05) is 6.54 Å². The molecule has 1 aliphatic heterocycles. The first-order valence-electron chi connectivity index (χ1n) is 9.13. The van der Waals surface area contributed by atoms with Gasteiger partial charge in [-0.05, 0) is 80.3 Å².